The average Bonchev–Trinajstić information content (AvgIpc) is 2.94. The van der Waals surface area contributed by atoms with Gasteiger partial charge in [-0.1, -0.05) is 59.7 Å². The van der Waals surface area contributed by atoms with Gasteiger partial charge in [0.1, 0.15) is 5.92 Å². The number of methoxy groups -OCH3 is 1. The summed E-state index contributed by atoms with van der Waals surface area (Å²) in [7, 11) is 1.47. The van der Waals surface area contributed by atoms with Crippen molar-refractivity contribution in [2.75, 3.05) is 13.7 Å². The minimum absolute atomic E-state index is 0.0376. The fraction of sp³-hybridized carbons (Fsp3) is 0.348. The van der Waals surface area contributed by atoms with E-state index in [1.807, 2.05) is 0 Å². The summed E-state index contributed by atoms with van der Waals surface area (Å²) < 4.78 is 5.18. The Morgan fingerprint density at radius 1 is 0.962 bits per heavy atom. The second kappa shape index (κ2) is 7.36. The van der Waals surface area contributed by atoms with Crippen LogP contribution in [0.1, 0.15) is 42.1 Å². The molecule has 0 radical (unpaired) electrons. The third-order valence-corrected chi connectivity index (χ3v) is 5.32. The van der Waals surface area contributed by atoms with Gasteiger partial charge in [-0.25, -0.2) is 0 Å². The molecule has 0 fully saturated rings. The lowest BCUT2D eigenvalue weighted by atomic mass is 9.89. The van der Waals surface area contributed by atoms with Gasteiger partial charge in [0.05, 0.1) is 13.2 Å². The first-order valence-electron chi connectivity index (χ1n) is 9.16. The number of hydrogen-bond donors (Lipinski definition) is 0. The van der Waals surface area contributed by atoms with Gasteiger partial charge in [0.2, 0.25) is 0 Å². The number of benzene rings is 2. The Balaban J connectivity index is 2.14. The minimum Gasteiger partial charge on any atom is -0.468 e. The van der Waals surface area contributed by atoms with Crippen LogP contribution in [0.2, 0.25) is 0 Å². The van der Waals surface area contributed by atoms with E-state index in [0.29, 0.717) is 0 Å². The Hall–Kier alpha value is -2.55. The lowest BCUT2D eigenvalue weighted by Crippen LogP contribution is -2.30. The quantitative estimate of drug-likeness (QED) is 0.735. The zero-order valence-electron chi connectivity index (χ0n) is 16.2. The lowest BCUT2D eigenvalue weighted by Gasteiger charge is -2.31. The molecule has 3 heteroatoms. The summed E-state index contributed by atoms with van der Waals surface area (Å²) in [6.45, 7) is 9.20. The van der Waals surface area contributed by atoms with Crippen molar-refractivity contribution in [3.8, 4) is 0 Å². The van der Waals surface area contributed by atoms with E-state index >= 15 is 0 Å². The van der Waals surface area contributed by atoms with Crippen molar-refractivity contribution in [1.82, 2.24) is 4.90 Å². The van der Waals surface area contributed by atoms with Crippen LogP contribution in [0, 0.1) is 19.8 Å². The fourth-order valence-corrected chi connectivity index (χ4v) is 3.96. The van der Waals surface area contributed by atoms with Gasteiger partial charge < -0.3 is 9.64 Å². The van der Waals surface area contributed by atoms with Crippen molar-refractivity contribution in [2.24, 2.45) is 5.92 Å². The van der Waals surface area contributed by atoms with Gasteiger partial charge in [0.25, 0.3) is 0 Å². The molecule has 1 aliphatic rings. The van der Waals surface area contributed by atoms with Crippen molar-refractivity contribution in [2.45, 2.75) is 33.7 Å². The number of carbonyl (C=O) groups excluding carboxylic acids is 1. The van der Waals surface area contributed by atoms with Gasteiger partial charge in [0, 0.05) is 12.2 Å². The Bertz CT molecular complexity index is 818. The Morgan fingerprint density at radius 2 is 1.50 bits per heavy atom. The summed E-state index contributed by atoms with van der Waals surface area (Å²) in [6, 6.07) is 17.0. The summed E-state index contributed by atoms with van der Waals surface area (Å²) in [5.74, 6) is -0.465. The summed E-state index contributed by atoms with van der Waals surface area (Å²) >= 11 is 0. The van der Waals surface area contributed by atoms with Crippen LogP contribution >= 0.6 is 0 Å². The molecular formula is C23H27NO2. The van der Waals surface area contributed by atoms with E-state index in [1.165, 1.54) is 18.2 Å². The predicted molar refractivity (Wildman–Crippen MR) is 106 cm³/mol. The summed E-state index contributed by atoms with van der Waals surface area (Å²) in [5.41, 5.74) is 6.97. The number of rotatable bonds is 4. The second-order valence-electron chi connectivity index (χ2n) is 7.04. The van der Waals surface area contributed by atoms with Gasteiger partial charge in [-0.05, 0) is 44.4 Å². The van der Waals surface area contributed by atoms with E-state index in [-0.39, 0.29) is 17.9 Å². The van der Waals surface area contributed by atoms with Gasteiger partial charge in [-0.3, -0.25) is 4.79 Å². The van der Waals surface area contributed by atoms with Crippen LogP contribution in [0.25, 0.3) is 5.70 Å². The van der Waals surface area contributed by atoms with Crippen molar-refractivity contribution < 1.29 is 9.53 Å². The van der Waals surface area contributed by atoms with E-state index in [1.54, 1.807) is 0 Å². The predicted octanol–water partition coefficient (Wildman–Crippen LogP) is 4.90. The summed E-state index contributed by atoms with van der Waals surface area (Å²) in [4.78, 5) is 15.0. The Labute approximate surface area is 156 Å². The van der Waals surface area contributed by atoms with Crippen LogP contribution in [-0.2, 0) is 9.53 Å². The third kappa shape index (κ3) is 3.14. The number of esters is 1. The van der Waals surface area contributed by atoms with Gasteiger partial charge in [-0.15, -0.1) is 0 Å². The SMILES string of the molecule is CCN1C(c2ccc(C)cc2)=C(C)[C@H](C(=O)OC)[C@@H]1c1ccc(C)cc1. The van der Waals surface area contributed by atoms with Gasteiger partial charge >= 0.3 is 5.97 Å². The monoisotopic (exact) mass is 349 g/mol. The molecule has 0 unspecified atom stereocenters. The topological polar surface area (TPSA) is 29.5 Å². The molecule has 2 aromatic carbocycles. The van der Waals surface area contributed by atoms with Crippen molar-refractivity contribution >= 4 is 11.7 Å². The average molecular weight is 349 g/mol. The van der Waals surface area contributed by atoms with Gasteiger partial charge in [0.15, 0.2) is 0 Å². The molecule has 0 bridgehead atoms. The first-order chi connectivity index (χ1) is 12.5. The number of ether oxygens (including phenoxy) is 1. The zero-order chi connectivity index (χ0) is 18.8. The molecule has 0 N–H and O–H groups in total. The maximum atomic E-state index is 12.7. The summed E-state index contributed by atoms with van der Waals surface area (Å²) in [5, 5.41) is 0. The first kappa shape index (κ1) is 18.2. The minimum atomic E-state index is -0.293. The molecule has 3 nitrogen and oxygen atoms in total. The third-order valence-electron chi connectivity index (χ3n) is 5.32. The second-order valence-corrected chi connectivity index (χ2v) is 7.04. The number of hydrogen-bond acceptors (Lipinski definition) is 3. The normalized spacial score (nSPS) is 19.8. The van der Waals surface area contributed by atoms with E-state index in [4.69, 9.17) is 4.74 Å². The molecule has 0 amide bonds. The van der Waals surface area contributed by atoms with Crippen LogP contribution in [0.4, 0.5) is 0 Å². The maximum Gasteiger partial charge on any atom is 0.315 e. The molecule has 0 spiro atoms. The highest BCUT2D eigenvalue weighted by molar-refractivity contribution is 5.84. The van der Waals surface area contributed by atoms with Crippen LogP contribution in [0.3, 0.4) is 0 Å². The molecular weight excluding hydrogens is 322 g/mol. The highest BCUT2D eigenvalue weighted by atomic mass is 16.5. The molecule has 2 aromatic rings. The first-order valence-corrected chi connectivity index (χ1v) is 9.16. The van der Waals surface area contributed by atoms with Gasteiger partial charge in [-0.2, -0.15) is 0 Å². The molecule has 0 saturated carbocycles. The Morgan fingerprint density at radius 3 is 2.00 bits per heavy atom. The standard InChI is InChI=1S/C23H27NO2/c1-6-24-21(18-11-7-15(2)8-12-18)17(4)20(23(25)26-5)22(24)19-13-9-16(3)10-14-19/h7-14,20,22H,6H2,1-5H3/t20-,22-/m0/s1. The van der Waals surface area contributed by atoms with Crippen molar-refractivity contribution in [3.63, 3.8) is 0 Å². The molecule has 0 aliphatic carbocycles. The molecule has 1 aliphatic heterocycles. The van der Waals surface area contributed by atoms with E-state index in [0.717, 1.165) is 28.9 Å². The zero-order valence-corrected chi connectivity index (χ0v) is 16.2. The van der Waals surface area contributed by atoms with E-state index < -0.39 is 0 Å². The van der Waals surface area contributed by atoms with Crippen LogP contribution in [0.5, 0.6) is 0 Å². The fourth-order valence-electron chi connectivity index (χ4n) is 3.96. The molecule has 0 aromatic heterocycles. The highest BCUT2D eigenvalue weighted by Crippen LogP contribution is 2.47. The summed E-state index contributed by atoms with van der Waals surface area (Å²) in [6.07, 6.45) is 0. The molecule has 26 heavy (non-hydrogen) atoms. The van der Waals surface area contributed by atoms with Crippen LogP contribution in [0.15, 0.2) is 54.1 Å². The number of carbonyl (C=O) groups is 1. The van der Waals surface area contributed by atoms with E-state index in [9.17, 15) is 4.79 Å². The number of nitrogens with zero attached hydrogens (tertiary/aromatic N) is 1. The van der Waals surface area contributed by atoms with Crippen LogP contribution in [-0.4, -0.2) is 24.5 Å². The van der Waals surface area contributed by atoms with Crippen molar-refractivity contribution in [1.29, 1.82) is 0 Å². The van der Waals surface area contributed by atoms with Crippen LogP contribution < -0.4 is 0 Å². The van der Waals surface area contributed by atoms with E-state index in [2.05, 4.69) is 81.1 Å². The van der Waals surface area contributed by atoms with Crippen molar-refractivity contribution in [3.05, 3.63) is 76.4 Å². The molecule has 2 atom stereocenters. The molecule has 0 saturated heterocycles. The molecule has 1 heterocycles. The molecule has 136 valence electrons. The largest absolute Gasteiger partial charge is 0.468 e. The lowest BCUT2D eigenvalue weighted by molar-refractivity contribution is -0.145. The smallest absolute Gasteiger partial charge is 0.315 e. The number of aryl methyl sites for hydroxylation is 2. The Kier molecular flexibility index (Phi) is 5.17. The molecule has 3 rings (SSSR count). The maximum absolute atomic E-state index is 12.7. The highest BCUT2D eigenvalue weighted by Gasteiger charge is 2.43.